The van der Waals surface area contributed by atoms with E-state index in [1.165, 1.54) is 6.07 Å². The van der Waals surface area contributed by atoms with Crippen molar-refractivity contribution >= 4 is 16.6 Å². The Morgan fingerprint density at radius 3 is 2.59 bits per heavy atom. The van der Waals surface area contributed by atoms with Gasteiger partial charge in [0.05, 0.1) is 5.52 Å². The number of hydrogen-bond donors (Lipinski definition) is 3. The van der Waals surface area contributed by atoms with Crippen molar-refractivity contribution in [3.63, 3.8) is 0 Å². The van der Waals surface area contributed by atoms with Crippen LogP contribution in [0.3, 0.4) is 0 Å². The number of nitrogens with zero attached hydrogens (tertiary/aromatic N) is 1. The van der Waals surface area contributed by atoms with Gasteiger partial charge in [-0.2, -0.15) is 13.2 Å². The van der Waals surface area contributed by atoms with E-state index in [9.17, 15) is 27.8 Å². The molecule has 2 aromatic carbocycles. The van der Waals surface area contributed by atoms with E-state index in [1.54, 1.807) is 19.1 Å². The van der Waals surface area contributed by atoms with Crippen LogP contribution in [-0.2, 0) is 0 Å². The molecule has 170 valence electrons. The Labute approximate surface area is 182 Å². The summed E-state index contributed by atoms with van der Waals surface area (Å²) < 4.78 is 56.5. The summed E-state index contributed by atoms with van der Waals surface area (Å²) >= 11 is 0. The average molecular weight is 448 g/mol. The highest BCUT2D eigenvalue weighted by Gasteiger charge is 2.62. The SMILES string of the molecule is CCC1CC(O)(C(F)(F)F)C(CNc2cccc3nc(C)ccc23)c2ccc(F)c(O)c21. The predicted molar refractivity (Wildman–Crippen MR) is 114 cm³/mol. The van der Waals surface area contributed by atoms with Crippen molar-refractivity contribution in [1.29, 1.82) is 0 Å². The molecule has 1 aliphatic carbocycles. The fourth-order valence-electron chi connectivity index (χ4n) is 4.77. The molecule has 0 radical (unpaired) electrons. The molecule has 4 nitrogen and oxygen atoms in total. The lowest BCUT2D eigenvalue weighted by Crippen LogP contribution is -2.55. The van der Waals surface area contributed by atoms with E-state index in [0.717, 1.165) is 17.1 Å². The average Bonchev–Trinajstić information content (AvgIpc) is 2.74. The highest BCUT2D eigenvalue weighted by Crippen LogP contribution is 2.55. The Hall–Kier alpha value is -2.87. The number of phenolic OH excluding ortho intramolecular Hbond substituents is 1. The van der Waals surface area contributed by atoms with Crippen molar-refractivity contribution in [2.75, 3.05) is 11.9 Å². The second-order valence-electron chi connectivity index (χ2n) is 8.39. The number of pyridine rings is 1. The summed E-state index contributed by atoms with van der Waals surface area (Å²) in [5, 5.41) is 25.0. The number of benzene rings is 2. The summed E-state index contributed by atoms with van der Waals surface area (Å²) in [6, 6.07) is 11.1. The molecule has 1 aromatic heterocycles. The van der Waals surface area contributed by atoms with Gasteiger partial charge >= 0.3 is 6.18 Å². The smallest absolute Gasteiger partial charge is 0.417 e. The van der Waals surface area contributed by atoms with Gasteiger partial charge in [0.15, 0.2) is 17.2 Å². The minimum Gasteiger partial charge on any atom is -0.505 e. The van der Waals surface area contributed by atoms with Gasteiger partial charge in [-0.05, 0) is 61.6 Å². The summed E-state index contributed by atoms with van der Waals surface area (Å²) in [6.07, 6.45) is -5.34. The minimum atomic E-state index is -4.91. The number of alkyl halides is 3. The van der Waals surface area contributed by atoms with E-state index in [2.05, 4.69) is 10.3 Å². The number of halogens is 4. The van der Waals surface area contributed by atoms with Crippen LogP contribution in [0.1, 0.15) is 48.4 Å². The molecule has 3 N–H and O–H groups in total. The standard InChI is InChI=1S/C24H24F4N2O2/c1-3-14-11-23(32,24(26,27)28)17(15-9-10-18(25)22(31)21(14)15)12-29-19-5-4-6-20-16(19)8-7-13(2)30-20/h4-10,14,17,29,31-32H,3,11-12H2,1-2H3. The topological polar surface area (TPSA) is 65.4 Å². The zero-order valence-electron chi connectivity index (χ0n) is 17.7. The van der Waals surface area contributed by atoms with Gasteiger partial charge < -0.3 is 15.5 Å². The van der Waals surface area contributed by atoms with Crippen LogP contribution < -0.4 is 5.32 Å². The summed E-state index contributed by atoms with van der Waals surface area (Å²) in [4.78, 5) is 4.43. The van der Waals surface area contributed by atoms with Crippen LogP contribution in [0.25, 0.3) is 10.9 Å². The van der Waals surface area contributed by atoms with Crippen molar-refractivity contribution in [1.82, 2.24) is 4.98 Å². The maximum atomic E-state index is 14.2. The second kappa shape index (κ2) is 7.92. The first kappa shape index (κ1) is 22.3. The number of anilines is 1. The molecule has 1 aliphatic rings. The first-order valence-corrected chi connectivity index (χ1v) is 10.5. The van der Waals surface area contributed by atoms with E-state index >= 15 is 0 Å². The molecule has 3 unspecified atom stereocenters. The third-order valence-corrected chi connectivity index (χ3v) is 6.47. The Morgan fingerprint density at radius 1 is 1.16 bits per heavy atom. The van der Waals surface area contributed by atoms with Gasteiger partial charge in [0.2, 0.25) is 0 Å². The largest absolute Gasteiger partial charge is 0.505 e. The van der Waals surface area contributed by atoms with Gasteiger partial charge in [0.1, 0.15) is 0 Å². The van der Waals surface area contributed by atoms with E-state index in [0.29, 0.717) is 11.2 Å². The maximum absolute atomic E-state index is 14.2. The molecule has 0 aliphatic heterocycles. The van der Waals surface area contributed by atoms with Crippen molar-refractivity contribution in [3.05, 3.63) is 65.1 Å². The van der Waals surface area contributed by atoms with Gasteiger partial charge in [-0.25, -0.2) is 4.39 Å². The number of aromatic hydroxyl groups is 1. The van der Waals surface area contributed by atoms with E-state index in [1.807, 2.05) is 25.1 Å². The molecule has 1 heterocycles. The van der Waals surface area contributed by atoms with E-state index < -0.39 is 41.6 Å². The number of aliphatic hydroxyl groups is 1. The van der Waals surface area contributed by atoms with Gasteiger partial charge in [-0.3, -0.25) is 4.98 Å². The molecule has 0 saturated carbocycles. The van der Waals surface area contributed by atoms with Gasteiger partial charge in [0, 0.05) is 34.8 Å². The lowest BCUT2D eigenvalue weighted by Gasteiger charge is -2.45. The first-order valence-electron chi connectivity index (χ1n) is 10.5. The molecular weight excluding hydrogens is 424 g/mol. The zero-order valence-corrected chi connectivity index (χ0v) is 17.7. The summed E-state index contributed by atoms with van der Waals surface area (Å²) in [5.41, 5.74) is -0.713. The second-order valence-corrected chi connectivity index (χ2v) is 8.39. The number of aromatic nitrogens is 1. The van der Waals surface area contributed by atoms with Crippen LogP contribution in [-0.4, -0.2) is 33.5 Å². The Kier molecular flexibility index (Phi) is 5.53. The minimum absolute atomic E-state index is 0.100. The Balaban J connectivity index is 1.79. The highest BCUT2D eigenvalue weighted by molar-refractivity contribution is 5.91. The van der Waals surface area contributed by atoms with Crippen molar-refractivity contribution in [3.8, 4) is 5.75 Å². The monoisotopic (exact) mass is 448 g/mol. The van der Waals surface area contributed by atoms with Gasteiger partial charge in [-0.15, -0.1) is 0 Å². The van der Waals surface area contributed by atoms with Crippen molar-refractivity contribution < 1.29 is 27.8 Å². The number of fused-ring (bicyclic) bond motifs is 2. The zero-order chi connectivity index (χ0) is 23.3. The summed E-state index contributed by atoms with van der Waals surface area (Å²) in [6.45, 7) is 3.23. The van der Waals surface area contributed by atoms with Crippen LogP contribution in [0.4, 0.5) is 23.2 Å². The molecule has 32 heavy (non-hydrogen) atoms. The van der Waals surface area contributed by atoms with Crippen LogP contribution in [0.15, 0.2) is 42.5 Å². The summed E-state index contributed by atoms with van der Waals surface area (Å²) in [5.74, 6) is -3.80. The summed E-state index contributed by atoms with van der Waals surface area (Å²) in [7, 11) is 0. The molecule has 0 amide bonds. The van der Waals surface area contributed by atoms with Gasteiger partial charge in [-0.1, -0.05) is 19.1 Å². The fraction of sp³-hybridized carbons (Fsp3) is 0.375. The van der Waals surface area contributed by atoms with Crippen LogP contribution in [0, 0.1) is 12.7 Å². The normalized spacial score (nSPS) is 23.2. The lowest BCUT2D eigenvalue weighted by atomic mass is 9.66. The van der Waals surface area contributed by atoms with E-state index in [4.69, 9.17) is 0 Å². The van der Waals surface area contributed by atoms with Crippen molar-refractivity contribution in [2.24, 2.45) is 0 Å². The molecule has 0 saturated heterocycles. The quantitative estimate of drug-likeness (QED) is 0.443. The lowest BCUT2D eigenvalue weighted by molar-refractivity contribution is -0.274. The van der Waals surface area contributed by atoms with Crippen LogP contribution >= 0.6 is 0 Å². The maximum Gasteiger partial charge on any atom is 0.417 e. The first-order chi connectivity index (χ1) is 15.1. The molecule has 4 rings (SSSR count). The molecule has 0 spiro atoms. The number of rotatable bonds is 4. The Bertz CT molecular complexity index is 1160. The molecule has 8 heteroatoms. The number of aryl methyl sites for hydroxylation is 1. The number of phenols is 1. The molecule has 0 bridgehead atoms. The fourth-order valence-corrected chi connectivity index (χ4v) is 4.77. The third kappa shape index (κ3) is 3.56. The molecule has 0 fully saturated rings. The Morgan fingerprint density at radius 2 is 1.91 bits per heavy atom. The van der Waals surface area contributed by atoms with E-state index in [-0.39, 0.29) is 24.1 Å². The van der Waals surface area contributed by atoms with Crippen LogP contribution in [0.2, 0.25) is 0 Å². The molecule has 3 aromatic rings. The predicted octanol–water partition coefficient (Wildman–Crippen LogP) is 5.77. The molecular formula is C24H24F4N2O2. The van der Waals surface area contributed by atoms with Crippen LogP contribution in [0.5, 0.6) is 5.75 Å². The molecule has 3 atom stereocenters. The number of nitrogens with one attached hydrogen (secondary N) is 1. The van der Waals surface area contributed by atoms with Crippen molar-refractivity contribution in [2.45, 2.75) is 50.3 Å². The highest BCUT2D eigenvalue weighted by atomic mass is 19.4. The van der Waals surface area contributed by atoms with Gasteiger partial charge in [0.25, 0.3) is 0 Å². The number of hydrogen-bond acceptors (Lipinski definition) is 4. The third-order valence-electron chi connectivity index (χ3n) is 6.47.